The zero-order valence-electron chi connectivity index (χ0n) is 11.7. The van der Waals surface area contributed by atoms with Crippen molar-refractivity contribution in [3.05, 3.63) is 29.8 Å². The molecule has 0 unspecified atom stereocenters. The summed E-state index contributed by atoms with van der Waals surface area (Å²) in [5, 5.41) is 0. The van der Waals surface area contributed by atoms with E-state index in [2.05, 4.69) is 0 Å². The largest absolute Gasteiger partial charge is 0.295 e. The van der Waals surface area contributed by atoms with Gasteiger partial charge in [0.05, 0.1) is 4.90 Å². The average molecular weight is 283 g/mol. The average Bonchev–Trinajstić information content (AvgIpc) is 2.38. The van der Waals surface area contributed by atoms with Crippen LogP contribution in [0.4, 0.5) is 0 Å². The van der Waals surface area contributed by atoms with Crippen LogP contribution < -0.4 is 0 Å². The Morgan fingerprint density at radius 3 is 1.89 bits per heavy atom. The molecule has 0 saturated heterocycles. The SMILES string of the molecule is CCCN(CCC)S(=O)(=O)c1ccc(C(C)=O)cc1. The van der Waals surface area contributed by atoms with Crippen molar-refractivity contribution >= 4 is 15.8 Å². The van der Waals surface area contributed by atoms with Crippen molar-refractivity contribution in [3.8, 4) is 0 Å². The molecule has 1 aromatic carbocycles. The number of nitrogens with zero attached hydrogens (tertiary/aromatic N) is 1. The lowest BCUT2D eigenvalue weighted by molar-refractivity contribution is 0.101. The molecule has 0 radical (unpaired) electrons. The summed E-state index contributed by atoms with van der Waals surface area (Å²) in [6.07, 6.45) is 1.56. The molecule has 0 atom stereocenters. The van der Waals surface area contributed by atoms with E-state index in [9.17, 15) is 13.2 Å². The van der Waals surface area contributed by atoms with Crippen molar-refractivity contribution in [3.63, 3.8) is 0 Å². The van der Waals surface area contributed by atoms with E-state index in [-0.39, 0.29) is 10.7 Å². The van der Waals surface area contributed by atoms with Gasteiger partial charge in [-0.1, -0.05) is 26.0 Å². The molecule has 0 fully saturated rings. The fraction of sp³-hybridized carbons (Fsp3) is 0.500. The van der Waals surface area contributed by atoms with E-state index in [1.165, 1.54) is 23.4 Å². The second-order valence-corrected chi connectivity index (χ2v) is 6.42. The molecule has 4 nitrogen and oxygen atoms in total. The maximum atomic E-state index is 12.4. The maximum absolute atomic E-state index is 12.4. The molecule has 0 saturated carbocycles. The number of rotatable bonds is 7. The summed E-state index contributed by atoms with van der Waals surface area (Å²) in [6, 6.07) is 6.13. The third kappa shape index (κ3) is 3.88. The number of hydrogen-bond acceptors (Lipinski definition) is 3. The van der Waals surface area contributed by atoms with Crippen LogP contribution in [0.5, 0.6) is 0 Å². The molecule has 0 amide bonds. The fourth-order valence-corrected chi connectivity index (χ4v) is 3.49. The van der Waals surface area contributed by atoms with Crippen LogP contribution >= 0.6 is 0 Å². The van der Waals surface area contributed by atoms with Gasteiger partial charge in [-0.25, -0.2) is 8.42 Å². The van der Waals surface area contributed by atoms with Gasteiger partial charge < -0.3 is 0 Å². The van der Waals surface area contributed by atoms with Crippen LogP contribution in [0.1, 0.15) is 44.0 Å². The minimum atomic E-state index is -3.45. The Hall–Kier alpha value is -1.20. The Morgan fingerprint density at radius 2 is 1.53 bits per heavy atom. The van der Waals surface area contributed by atoms with Gasteiger partial charge in [0, 0.05) is 18.7 Å². The summed E-state index contributed by atoms with van der Waals surface area (Å²) < 4.78 is 26.4. The number of ketones is 1. The van der Waals surface area contributed by atoms with E-state index in [0.29, 0.717) is 18.7 Å². The normalized spacial score (nSPS) is 11.8. The van der Waals surface area contributed by atoms with E-state index < -0.39 is 10.0 Å². The molecule has 0 aliphatic carbocycles. The first-order valence-corrected chi connectivity index (χ1v) is 7.98. The molecule has 0 aliphatic heterocycles. The number of carbonyl (C=O) groups is 1. The van der Waals surface area contributed by atoms with Crippen LogP contribution in [0.25, 0.3) is 0 Å². The van der Waals surface area contributed by atoms with Gasteiger partial charge in [-0.15, -0.1) is 0 Å². The Balaban J connectivity index is 3.07. The monoisotopic (exact) mass is 283 g/mol. The van der Waals surface area contributed by atoms with Gasteiger partial charge in [0.2, 0.25) is 10.0 Å². The molecular weight excluding hydrogens is 262 g/mol. The molecule has 0 N–H and O–H groups in total. The second-order valence-electron chi connectivity index (χ2n) is 4.48. The standard InChI is InChI=1S/C14H21NO3S/c1-4-10-15(11-5-2)19(17,18)14-8-6-13(7-9-14)12(3)16/h6-9H,4-5,10-11H2,1-3H3. The highest BCUT2D eigenvalue weighted by Gasteiger charge is 2.22. The van der Waals surface area contributed by atoms with Gasteiger partial charge >= 0.3 is 0 Å². The van der Waals surface area contributed by atoms with Crippen molar-refractivity contribution in [2.24, 2.45) is 0 Å². The third-order valence-electron chi connectivity index (χ3n) is 2.84. The molecular formula is C14H21NO3S. The summed E-state index contributed by atoms with van der Waals surface area (Å²) in [5.41, 5.74) is 0.525. The molecule has 0 spiro atoms. The maximum Gasteiger partial charge on any atom is 0.243 e. The lowest BCUT2D eigenvalue weighted by atomic mass is 10.2. The number of hydrogen-bond donors (Lipinski definition) is 0. The lowest BCUT2D eigenvalue weighted by Gasteiger charge is -2.21. The van der Waals surface area contributed by atoms with Gasteiger partial charge in [0.25, 0.3) is 0 Å². The van der Waals surface area contributed by atoms with Gasteiger partial charge in [-0.2, -0.15) is 4.31 Å². The molecule has 0 heterocycles. The van der Waals surface area contributed by atoms with E-state index in [1.807, 2.05) is 13.8 Å². The zero-order valence-corrected chi connectivity index (χ0v) is 12.5. The molecule has 5 heteroatoms. The first kappa shape index (κ1) is 15.9. The highest BCUT2D eigenvalue weighted by atomic mass is 32.2. The second kappa shape index (κ2) is 6.82. The van der Waals surface area contributed by atoms with Crippen LogP contribution in [0, 0.1) is 0 Å². The molecule has 0 bridgehead atoms. The third-order valence-corrected chi connectivity index (χ3v) is 4.76. The number of Topliss-reactive ketones (excluding diaryl/α,β-unsaturated/α-hetero) is 1. The Bertz CT molecular complexity index is 514. The summed E-state index contributed by atoms with van der Waals surface area (Å²) in [4.78, 5) is 11.4. The van der Waals surface area contributed by atoms with E-state index in [4.69, 9.17) is 0 Å². The smallest absolute Gasteiger partial charge is 0.243 e. The Kier molecular flexibility index (Phi) is 5.69. The van der Waals surface area contributed by atoms with Gasteiger partial charge in [-0.3, -0.25) is 4.79 Å². The molecule has 1 aromatic rings. The van der Waals surface area contributed by atoms with E-state index in [0.717, 1.165) is 12.8 Å². The summed E-state index contributed by atoms with van der Waals surface area (Å²) >= 11 is 0. The molecule has 0 aliphatic rings. The van der Waals surface area contributed by atoms with Gasteiger partial charge in [0.1, 0.15) is 0 Å². The minimum absolute atomic E-state index is 0.0667. The fourth-order valence-electron chi connectivity index (χ4n) is 1.86. The first-order valence-electron chi connectivity index (χ1n) is 6.54. The highest BCUT2D eigenvalue weighted by molar-refractivity contribution is 7.89. The molecule has 106 valence electrons. The first-order chi connectivity index (χ1) is 8.93. The van der Waals surface area contributed by atoms with Crippen LogP contribution in [0.15, 0.2) is 29.2 Å². The van der Waals surface area contributed by atoms with E-state index in [1.54, 1.807) is 12.1 Å². The van der Waals surface area contributed by atoms with Crippen molar-refractivity contribution in [2.45, 2.75) is 38.5 Å². The number of sulfonamides is 1. The number of carbonyl (C=O) groups excluding carboxylic acids is 1. The highest BCUT2D eigenvalue weighted by Crippen LogP contribution is 2.17. The quantitative estimate of drug-likeness (QED) is 0.723. The van der Waals surface area contributed by atoms with Crippen LogP contribution in [-0.4, -0.2) is 31.6 Å². The zero-order chi connectivity index (χ0) is 14.5. The number of benzene rings is 1. The van der Waals surface area contributed by atoms with Gasteiger partial charge in [-0.05, 0) is 31.9 Å². The van der Waals surface area contributed by atoms with Crippen molar-refractivity contribution in [1.82, 2.24) is 4.31 Å². The molecule has 0 aromatic heterocycles. The van der Waals surface area contributed by atoms with Crippen LogP contribution in [-0.2, 0) is 10.0 Å². The molecule has 1 rings (SSSR count). The summed E-state index contributed by atoms with van der Waals surface area (Å²) in [7, 11) is -3.45. The van der Waals surface area contributed by atoms with Crippen molar-refractivity contribution < 1.29 is 13.2 Å². The topological polar surface area (TPSA) is 54.5 Å². The van der Waals surface area contributed by atoms with Crippen LogP contribution in [0.2, 0.25) is 0 Å². The Labute approximate surface area is 115 Å². The van der Waals surface area contributed by atoms with Crippen LogP contribution in [0.3, 0.4) is 0 Å². The molecule has 19 heavy (non-hydrogen) atoms. The van der Waals surface area contributed by atoms with Crippen molar-refractivity contribution in [2.75, 3.05) is 13.1 Å². The van der Waals surface area contributed by atoms with E-state index >= 15 is 0 Å². The summed E-state index contributed by atoms with van der Waals surface area (Å²) in [5.74, 6) is -0.0667. The van der Waals surface area contributed by atoms with Gasteiger partial charge in [0.15, 0.2) is 5.78 Å². The minimum Gasteiger partial charge on any atom is -0.295 e. The predicted octanol–water partition coefficient (Wildman–Crippen LogP) is 2.70. The Morgan fingerprint density at radius 1 is 1.05 bits per heavy atom. The summed E-state index contributed by atoms with van der Waals surface area (Å²) in [6.45, 7) is 6.41. The van der Waals surface area contributed by atoms with Crippen molar-refractivity contribution in [1.29, 1.82) is 0 Å². The lowest BCUT2D eigenvalue weighted by Crippen LogP contribution is -2.32. The predicted molar refractivity (Wildman–Crippen MR) is 75.8 cm³/mol.